The van der Waals surface area contributed by atoms with E-state index >= 15 is 0 Å². The van der Waals surface area contributed by atoms with Gasteiger partial charge in [0.25, 0.3) is 8.38 Å². The van der Waals surface area contributed by atoms with E-state index in [0.717, 1.165) is 17.5 Å². The van der Waals surface area contributed by atoms with Crippen molar-refractivity contribution in [1.82, 2.24) is 0 Å². The number of rotatable bonds is 4. The van der Waals surface area contributed by atoms with E-state index in [9.17, 15) is 9.69 Å². The van der Waals surface area contributed by atoms with E-state index in [2.05, 4.69) is 13.8 Å². The Morgan fingerprint density at radius 2 is 1.77 bits per heavy atom. The molecule has 0 spiro atoms. The average molecular weight is 316 g/mol. The second kappa shape index (κ2) is 7.04. The predicted molar refractivity (Wildman–Crippen MR) is 90.7 cm³/mol. The standard InChI is InChI=1S/C18H21O3P/c1-5-16-12(2)11-13(3)17(14(16)4)18(19)21-22(20)15-9-7-6-8-10-15/h6-11,20H,5H2,1-4H3. The van der Waals surface area contributed by atoms with Gasteiger partial charge in [-0.05, 0) is 61.6 Å². The third kappa shape index (κ3) is 3.37. The summed E-state index contributed by atoms with van der Waals surface area (Å²) in [5.41, 5.74) is 4.75. The summed E-state index contributed by atoms with van der Waals surface area (Å²) in [7, 11) is -1.93. The Kier molecular flexibility index (Phi) is 5.33. The van der Waals surface area contributed by atoms with Crippen LogP contribution in [0.25, 0.3) is 0 Å². The molecule has 3 nitrogen and oxygen atoms in total. The zero-order valence-corrected chi connectivity index (χ0v) is 14.3. The minimum Gasteiger partial charge on any atom is -0.409 e. The first-order chi connectivity index (χ1) is 10.5. The summed E-state index contributed by atoms with van der Waals surface area (Å²) >= 11 is 0. The molecule has 0 heterocycles. The van der Waals surface area contributed by atoms with Crippen LogP contribution >= 0.6 is 8.38 Å². The van der Waals surface area contributed by atoms with Gasteiger partial charge in [-0.15, -0.1) is 0 Å². The average Bonchev–Trinajstić information content (AvgIpc) is 2.48. The SMILES string of the molecule is CCc1c(C)cc(C)c(C(=O)OP(O)c2ccccc2)c1C. The van der Waals surface area contributed by atoms with E-state index < -0.39 is 14.3 Å². The Morgan fingerprint density at radius 3 is 2.36 bits per heavy atom. The van der Waals surface area contributed by atoms with Crippen molar-refractivity contribution in [2.75, 3.05) is 0 Å². The molecule has 0 amide bonds. The Bertz CT molecular complexity index is 680. The molecule has 2 aromatic carbocycles. The first kappa shape index (κ1) is 16.7. The summed E-state index contributed by atoms with van der Waals surface area (Å²) in [6.07, 6.45) is 0.866. The Labute approximate surface area is 132 Å². The second-order valence-electron chi connectivity index (χ2n) is 5.33. The maximum absolute atomic E-state index is 12.5. The summed E-state index contributed by atoms with van der Waals surface area (Å²) in [5.74, 6) is -0.456. The van der Waals surface area contributed by atoms with Crippen LogP contribution in [0.15, 0.2) is 36.4 Å². The molecule has 0 aliphatic carbocycles. The minimum absolute atomic E-state index is 0.456. The maximum atomic E-state index is 12.5. The van der Waals surface area contributed by atoms with E-state index in [4.69, 9.17) is 4.52 Å². The van der Waals surface area contributed by atoms with Crippen LogP contribution in [0.3, 0.4) is 0 Å². The Balaban J connectivity index is 2.30. The van der Waals surface area contributed by atoms with Gasteiger partial charge in [-0.2, -0.15) is 0 Å². The number of carbonyl (C=O) groups excluding carboxylic acids is 1. The predicted octanol–water partition coefficient (Wildman–Crippen LogP) is 3.96. The van der Waals surface area contributed by atoms with Crippen molar-refractivity contribution >= 4 is 19.6 Å². The number of carbonyl (C=O) groups is 1. The van der Waals surface area contributed by atoms with Crippen LogP contribution in [-0.4, -0.2) is 10.9 Å². The Morgan fingerprint density at radius 1 is 1.14 bits per heavy atom. The smallest absolute Gasteiger partial charge is 0.343 e. The maximum Gasteiger partial charge on any atom is 0.343 e. The fourth-order valence-electron chi connectivity index (χ4n) is 2.82. The highest BCUT2D eigenvalue weighted by atomic mass is 31.2. The molecule has 0 radical (unpaired) electrons. The molecule has 0 bridgehead atoms. The van der Waals surface area contributed by atoms with Gasteiger partial charge in [0.1, 0.15) is 0 Å². The molecule has 0 aliphatic heterocycles. The molecule has 0 aromatic heterocycles. The highest BCUT2D eigenvalue weighted by molar-refractivity contribution is 7.55. The molecule has 0 saturated carbocycles. The topological polar surface area (TPSA) is 46.5 Å². The van der Waals surface area contributed by atoms with Crippen molar-refractivity contribution < 1.29 is 14.2 Å². The van der Waals surface area contributed by atoms with Gasteiger partial charge in [0.05, 0.1) is 5.56 Å². The Hall–Kier alpha value is -1.70. The van der Waals surface area contributed by atoms with E-state index in [-0.39, 0.29) is 0 Å². The first-order valence-corrected chi connectivity index (χ1v) is 8.53. The summed E-state index contributed by atoms with van der Waals surface area (Å²) in [6, 6.07) is 11.0. The quantitative estimate of drug-likeness (QED) is 0.869. The van der Waals surface area contributed by atoms with E-state index in [1.165, 1.54) is 11.1 Å². The van der Waals surface area contributed by atoms with Crippen molar-refractivity contribution in [1.29, 1.82) is 0 Å². The van der Waals surface area contributed by atoms with Crippen LogP contribution in [0.5, 0.6) is 0 Å². The lowest BCUT2D eigenvalue weighted by molar-refractivity contribution is 0.0741. The molecule has 0 fully saturated rings. The first-order valence-electron chi connectivity index (χ1n) is 7.31. The van der Waals surface area contributed by atoms with Crippen LogP contribution < -0.4 is 5.30 Å². The molecule has 116 valence electrons. The molecular formula is C18H21O3P. The van der Waals surface area contributed by atoms with Crippen molar-refractivity contribution in [2.24, 2.45) is 0 Å². The fourth-order valence-corrected chi connectivity index (χ4v) is 3.60. The van der Waals surface area contributed by atoms with Crippen LogP contribution in [-0.2, 0) is 10.9 Å². The molecule has 22 heavy (non-hydrogen) atoms. The molecular weight excluding hydrogens is 295 g/mol. The van der Waals surface area contributed by atoms with Crippen LogP contribution in [0.2, 0.25) is 0 Å². The highest BCUT2D eigenvalue weighted by Gasteiger charge is 2.21. The van der Waals surface area contributed by atoms with Gasteiger partial charge in [0.15, 0.2) is 0 Å². The molecule has 1 N–H and O–H groups in total. The highest BCUT2D eigenvalue weighted by Crippen LogP contribution is 2.33. The van der Waals surface area contributed by atoms with Gasteiger partial charge in [0.2, 0.25) is 0 Å². The zero-order chi connectivity index (χ0) is 16.3. The molecule has 1 atom stereocenters. The van der Waals surface area contributed by atoms with Gasteiger partial charge in [-0.1, -0.05) is 31.2 Å². The molecule has 0 aliphatic rings. The fraction of sp³-hybridized carbons (Fsp3) is 0.278. The summed E-state index contributed by atoms with van der Waals surface area (Å²) in [5, 5.41) is 0.629. The lowest BCUT2D eigenvalue weighted by atomic mass is 9.92. The van der Waals surface area contributed by atoms with E-state index in [0.29, 0.717) is 10.9 Å². The van der Waals surface area contributed by atoms with Gasteiger partial charge in [-0.25, -0.2) is 4.79 Å². The van der Waals surface area contributed by atoms with Crippen LogP contribution in [0.1, 0.15) is 39.5 Å². The molecule has 0 saturated heterocycles. The molecule has 2 aromatic rings. The normalized spacial score (nSPS) is 12.0. The van der Waals surface area contributed by atoms with Crippen molar-refractivity contribution in [2.45, 2.75) is 34.1 Å². The lowest BCUT2D eigenvalue weighted by Gasteiger charge is -2.17. The summed E-state index contributed by atoms with van der Waals surface area (Å²) in [6.45, 7) is 7.97. The summed E-state index contributed by atoms with van der Waals surface area (Å²) < 4.78 is 5.30. The van der Waals surface area contributed by atoms with Crippen molar-refractivity contribution in [3.8, 4) is 0 Å². The molecule has 1 unspecified atom stereocenters. The number of benzene rings is 2. The van der Waals surface area contributed by atoms with Gasteiger partial charge in [0, 0.05) is 5.30 Å². The van der Waals surface area contributed by atoms with E-state index in [1.807, 2.05) is 38.1 Å². The molecule has 4 heteroatoms. The second-order valence-corrected chi connectivity index (χ2v) is 6.57. The largest absolute Gasteiger partial charge is 0.409 e. The van der Waals surface area contributed by atoms with Crippen LogP contribution in [0.4, 0.5) is 0 Å². The zero-order valence-electron chi connectivity index (χ0n) is 13.4. The summed E-state index contributed by atoms with van der Waals surface area (Å²) in [4.78, 5) is 22.6. The number of aryl methyl sites for hydroxylation is 2. The third-order valence-electron chi connectivity index (χ3n) is 3.84. The van der Waals surface area contributed by atoms with Crippen LogP contribution in [0, 0.1) is 20.8 Å². The van der Waals surface area contributed by atoms with E-state index in [1.54, 1.807) is 12.1 Å². The minimum atomic E-state index is -1.93. The van der Waals surface area contributed by atoms with Gasteiger partial charge >= 0.3 is 5.97 Å². The molecule has 2 rings (SSSR count). The number of hydrogen-bond donors (Lipinski definition) is 1. The number of hydrogen-bond acceptors (Lipinski definition) is 3. The van der Waals surface area contributed by atoms with Gasteiger partial charge in [-0.3, -0.25) is 0 Å². The third-order valence-corrected chi connectivity index (χ3v) is 4.91. The lowest BCUT2D eigenvalue weighted by Crippen LogP contribution is -2.12. The monoisotopic (exact) mass is 316 g/mol. The van der Waals surface area contributed by atoms with Gasteiger partial charge < -0.3 is 9.42 Å². The van der Waals surface area contributed by atoms with Crippen molar-refractivity contribution in [3.63, 3.8) is 0 Å². The van der Waals surface area contributed by atoms with Crippen molar-refractivity contribution in [3.05, 3.63) is 64.2 Å².